The Bertz CT molecular complexity index is 3630. The molecule has 0 aromatic carbocycles. The first-order valence-electron chi connectivity index (χ1n) is 21.6. The molecule has 9 aromatic heterocycles. The van der Waals surface area contributed by atoms with Gasteiger partial charge in [0.05, 0.1) is 29.9 Å². The number of aryl methyl sites for hydroxylation is 9. The predicted octanol–water partition coefficient (Wildman–Crippen LogP) is 0.747. The molecular weight excluding hydrogens is 951 g/mol. The van der Waals surface area contributed by atoms with Crippen LogP contribution in [0.3, 0.4) is 0 Å². The van der Waals surface area contributed by atoms with Crippen molar-refractivity contribution in [2.75, 3.05) is 12.9 Å². The first-order chi connectivity index (χ1) is 33.8. The molecule has 0 spiro atoms. The molecule has 28 heteroatoms. The maximum Gasteiger partial charge on any atom is 0.332 e. The highest BCUT2D eigenvalue weighted by atomic mass is 32.2. The largest absolute Gasteiger partial charge is 0.361 e. The van der Waals surface area contributed by atoms with E-state index in [2.05, 4.69) is 54.5 Å². The molecule has 0 bridgehead atoms. The van der Waals surface area contributed by atoms with E-state index in [1.807, 2.05) is 39.0 Å². The molecule has 0 saturated heterocycles. The van der Waals surface area contributed by atoms with Gasteiger partial charge in [-0.2, -0.15) is 8.42 Å². The molecule has 374 valence electrons. The van der Waals surface area contributed by atoms with E-state index in [-0.39, 0.29) is 41.9 Å². The molecule has 0 atom stereocenters. The third kappa shape index (κ3) is 13.4. The lowest BCUT2D eigenvalue weighted by atomic mass is 10.2. The molecule has 0 unspecified atom stereocenters. The van der Waals surface area contributed by atoms with Crippen LogP contribution in [-0.4, -0.2) is 94.5 Å². The number of rotatable bonds is 13. The van der Waals surface area contributed by atoms with Gasteiger partial charge in [-0.1, -0.05) is 15.5 Å². The zero-order chi connectivity index (χ0) is 51.4. The van der Waals surface area contributed by atoms with E-state index in [4.69, 9.17) is 13.6 Å². The SMILES string of the molecule is Cc1cc(CCCOS(C)(=O)=O)on1.Cc1cc(CCCn2c(=O)c3nccnc3n(C)c2=O)on1.Cc1cc(CCCn2c(=O)c3nccnc3n(C)c2=O)on1.Cn1c(=O)[nH]c(=O)c2nccnc21. The summed E-state index contributed by atoms with van der Waals surface area (Å²) in [7, 11) is 1.36. The second-order valence-corrected chi connectivity index (χ2v) is 17.4. The van der Waals surface area contributed by atoms with E-state index in [1.165, 1.54) is 67.1 Å². The Morgan fingerprint density at radius 3 is 1.28 bits per heavy atom. The maximum atomic E-state index is 12.4. The molecule has 9 rings (SSSR count). The standard InChI is InChI=1S/2C14H15N5O3.C8H13NO4S.C7H6N4O2/c2*1-9-8-10(22-17-9)4-3-7-19-13(20)11-12(16-6-5-15-11)18(2)14(19)21;1-7-6-8(13-9-7)4-3-5-12-14(2,10)11;1-11-5-4(8-2-3-9-5)6(12)10-7(11)13/h2*5-6,8H,3-4,7H2,1-2H3;6H,3-5H2,1-2H3;2-3H,1H3,(H,10,12,13). The lowest BCUT2D eigenvalue weighted by Gasteiger charge is -2.08. The number of fused-ring (bicyclic) bond motifs is 3. The highest BCUT2D eigenvalue weighted by Gasteiger charge is 2.15. The Morgan fingerprint density at radius 1 is 0.535 bits per heavy atom. The summed E-state index contributed by atoms with van der Waals surface area (Å²) in [5.41, 5.74) is 1.25. The van der Waals surface area contributed by atoms with Crippen molar-refractivity contribution in [2.45, 2.75) is 72.4 Å². The monoisotopic (exact) mass is 999 g/mol. The molecular formula is C43H49N15O12S. The van der Waals surface area contributed by atoms with Crippen molar-refractivity contribution in [2.24, 2.45) is 21.1 Å². The van der Waals surface area contributed by atoms with Gasteiger partial charge in [-0.05, 0) is 40.0 Å². The van der Waals surface area contributed by atoms with E-state index >= 15 is 0 Å². The van der Waals surface area contributed by atoms with E-state index in [1.54, 1.807) is 14.1 Å². The molecule has 71 heavy (non-hydrogen) atoms. The van der Waals surface area contributed by atoms with Crippen LogP contribution in [0.1, 0.15) is 53.6 Å². The third-order valence-electron chi connectivity index (χ3n) is 10.2. The van der Waals surface area contributed by atoms with Gasteiger partial charge in [0.15, 0.2) is 33.5 Å². The Labute approximate surface area is 400 Å². The fourth-order valence-corrected chi connectivity index (χ4v) is 7.20. The van der Waals surface area contributed by atoms with Crippen LogP contribution in [0.4, 0.5) is 0 Å². The normalized spacial score (nSPS) is 11.2. The van der Waals surface area contributed by atoms with E-state index in [0.717, 1.165) is 40.6 Å². The molecule has 0 radical (unpaired) electrons. The van der Waals surface area contributed by atoms with Crippen molar-refractivity contribution in [1.29, 1.82) is 0 Å². The van der Waals surface area contributed by atoms with Gasteiger partial charge in [-0.15, -0.1) is 0 Å². The zero-order valence-electron chi connectivity index (χ0n) is 39.6. The summed E-state index contributed by atoms with van der Waals surface area (Å²) in [6.45, 7) is 6.28. The van der Waals surface area contributed by atoms with Crippen LogP contribution >= 0.6 is 0 Å². The Hall–Kier alpha value is -8.40. The summed E-state index contributed by atoms with van der Waals surface area (Å²) in [6.07, 6.45) is 13.3. The van der Waals surface area contributed by atoms with Gasteiger partial charge < -0.3 is 13.6 Å². The van der Waals surface area contributed by atoms with E-state index in [9.17, 15) is 37.2 Å². The predicted molar refractivity (Wildman–Crippen MR) is 253 cm³/mol. The molecule has 0 saturated carbocycles. The average Bonchev–Trinajstić information content (AvgIpc) is 4.10. The molecule has 0 fully saturated rings. The van der Waals surface area contributed by atoms with Gasteiger partial charge in [-0.25, -0.2) is 44.3 Å². The van der Waals surface area contributed by atoms with Crippen molar-refractivity contribution in [1.82, 2.24) is 73.2 Å². The van der Waals surface area contributed by atoms with Crippen molar-refractivity contribution in [3.63, 3.8) is 0 Å². The molecule has 9 heterocycles. The van der Waals surface area contributed by atoms with Crippen LogP contribution in [0.15, 0.2) is 97.7 Å². The average molecular weight is 1000 g/mol. The van der Waals surface area contributed by atoms with Crippen LogP contribution in [-0.2, 0) is 67.8 Å². The van der Waals surface area contributed by atoms with E-state index in [0.29, 0.717) is 49.8 Å². The minimum absolute atomic E-state index is 0.171. The van der Waals surface area contributed by atoms with Gasteiger partial charge in [0, 0.05) is 109 Å². The fraction of sp³-hybridized carbons (Fsp3) is 0.372. The molecule has 0 aliphatic heterocycles. The number of H-pyrrole nitrogens is 1. The number of hydrogen-bond acceptors (Lipinski definition) is 21. The quantitative estimate of drug-likeness (QED) is 0.123. The third-order valence-corrected chi connectivity index (χ3v) is 10.8. The number of aromatic amines is 1. The van der Waals surface area contributed by atoms with Crippen molar-refractivity contribution >= 4 is 43.6 Å². The summed E-state index contributed by atoms with van der Waals surface area (Å²) in [6, 6.07) is 5.50. The second kappa shape index (κ2) is 23.3. The van der Waals surface area contributed by atoms with Crippen LogP contribution in [0, 0.1) is 20.8 Å². The van der Waals surface area contributed by atoms with Gasteiger partial charge in [0.2, 0.25) is 0 Å². The molecule has 0 amide bonds. The first-order valence-corrected chi connectivity index (χ1v) is 23.5. The van der Waals surface area contributed by atoms with Gasteiger partial charge in [0.1, 0.15) is 17.3 Å². The maximum absolute atomic E-state index is 12.4. The van der Waals surface area contributed by atoms with Crippen molar-refractivity contribution in [3.8, 4) is 0 Å². The van der Waals surface area contributed by atoms with Crippen LogP contribution in [0.5, 0.6) is 0 Å². The van der Waals surface area contributed by atoms with Crippen LogP contribution in [0.25, 0.3) is 33.5 Å². The van der Waals surface area contributed by atoms with Gasteiger partial charge in [0.25, 0.3) is 26.8 Å². The topological polar surface area (TPSA) is 342 Å². The summed E-state index contributed by atoms with van der Waals surface area (Å²) < 4.78 is 47.2. The number of aromatic nitrogens is 15. The second-order valence-electron chi connectivity index (χ2n) is 15.7. The van der Waals surface area contributed by atoms with Crippen molar-refractivity contribution < 1.29 is 26.2 Å². The summed E-state index contributed by atoms with van der Waals surface area (Å²) >= 11 is 0. The van der Waals surface area contributed by atoms with Crippen LogP contribution in [0.2, 0.25) is 0 Å². The fourth-order valence-electron chi connectivity index (χ4n) is 6.78. The molecule has 0 aliphatic carbocycles. The van der Waals surface area contributed by atoms with Gasteiger partial charge in [-0.3, -0.25) is 46.4 Å². The summed E-state index contributed by atoms with van der Waals surface area (Å²) in [5.74, 6) is 2.23. The minimum Gasteiger partial charge on any atom is -0.361 e. The molecule has 9 aromatic rings. The minimum atomic E-state index is -3.32. The van der Waals surface area contributed by atoms with Gasteiger partial charge >= 0.3 is 17.1 Å². The summed E-state index contributed by atoms with van der Waals surface area (Å²) in [5, 5.41) is 11.3. The number of nitrogens with one attached hydrogen (secondary N) is 1. The number of nitrogens with zero attached hydrogens (tertiary/aromatic N) is 14. The highest BCUT2D eigenvalue weighted by Crippen LogP contribution is 2.09. The molecule has 1 N–H and O–H groups in total. The highest BCUT2D eigenvalue weighted by molar-refractivity contribution is 7.85. The summed E-state index contributed by atoms with van der Waals surface area (Å²) in [4.78, 5) is 97.5. The Morgan fingerprint density at radius 2 is 0.901 bits per heavy atom. The van der Waals surface area contributed by atoms with Crippen molar-refractivity contribution in [3.05, 3.63) is 152 Å². The zero-order valence-corrected chi connectivity index (χ0v) is 40.4. The lowest BCUT2D eigenvalue weighted by Crippen LogP contribution is -2.39. The van der Waals surface area contributed by atoms with Crippen LogP contribution < -0.4 is 33.7 Å². The lowest BCUT2D eigenvalue weighted by molar-refractivity contribution is 0.304. The van der Waals surface area contributed by atoms with E-state index < -0.39 is 43.9 Å². The Balaban J connectivity index is 0.000000159. The smallest absolute Gasteiger partial charge is 0.332 e. The Kier molecular flexibility index (Phi) is 17.0. The first kappa shape index (κ1) is 52.0. The number of hydrogen-bond donors (Lipinski definition) is 1. The molecule has 27 nitrogen and oxygen atoms in total. The molecule has 0 aliphatic rings.